The maximum Gasteiger partial charge on any atom is 0.407 e. The van der Waals surface area contributed by atoms with Crippen LogP contribution in [0.5, 0.6) is 0 Å². The van der Waals surface area contributed by atoms with E-state index in [-0.39, 0.29) is 18.2 Å². The molecule has 3 N–H and O–H groups in total. The highest BCUT2D eigenvalue weighted by Crippen LogP contribution is 2.39. The molecule has 0 unspecified atom stereocenters. The van der Waals surface area contributed by atoms with Gasteiger partial charge in [-0.25, -0.2) is 9.78 Å². The molecule has 2 aromatic rings. The Morgan fingerprint density at radius 2 is 2.08 bits per heavy atom. The summed E-state index contributed by atoms with van der Waals surface area (Å²) in [7, 11) is 0. The number of carbonyl (C=O) groups excluding carboxylic acids is 1. The van der Waals surface area contributed by atoms with Crippen molar-refractivity contribution in [1.29, 1.82) is 0 Å². The summed E-state index contributed by atoms with van der Waals surface area (Å²) in [6, 6.07) is 5.75. The number of thiazole rings is 1. The molecule has 7 heteroatoms. The topological polar surface area (TPSA) is 77.2 Å². The molecule has 1 aromatic carbocycles. The zero-order chi connectivity index (χ0) is 18.7. The summed E-state index contributed by atoms with van der Waals surface area (Å²) in [6.45, 7) is 3.70. The molecule has 26 heavy (non-hydrogen) atoms. The Hall–Kier alpha value is -1.79. The number of carbonyl (C=O) groups is 1. The lowest BCUT2D eigenvalue weighted by Gasteiger charge is -2.28. The van der Waals surface area contributed by atoms with Crippen molar-refractivity contribution >= 4 is 34.7 Å². The van der Waals surface area contributed by atoms with Crippen LogP contribution in [0.2, 0.25) is 5.02 Å². The summed E-state index contributed by atoms with van der Waals surface area (Å²) in [5.41, 5.74) is 7.39. The van der Waals surface area contributed by atoms with Gasteiger partial charge in [-0.3, -0.25) is 0 Å². The normalized spacial score (nSPS) is 20.2. The summed E-state index contributed by atoms with van der Waals surface area (Å²) in [5, 5.41) is 4.74. The predicted molar refractivity (Wildman–Crippen MR) is 107 cm³/mol. The quantitative estimate of drug-likeness (QED) is 0.699. The third-order valence-electron chi connectivity index (χ3n) is 4.52. The first kappa shape index (κ1) is 19.0. The van der Waals surface area contributed by atoms with E-state index in [1.807, 2.05) is 32.2 Å². The minimum absolute atomic E-state index is 0.0970. The van der Waals surface area contributed by atoms with Crippen molar-refractivity contribution in [2.75, 3.05) is 5.73 Å². The zero-order valence-electron chi connectivity index (χ0n) is 15.0. The van der Waals surface area contributed by atoms with E-state index in [9.17, 15) is 4.79 Å². The van der Waals surface area contributed by atoms with Gasteiger partial charge >= 0.3 is 6.09 Å². The number of hydrogen-bond donors (Lipinski definition) is 2. The first-order chi connectivity index (χ1) is 12.4. The zero-order valence-corrected chi connectivity index (χ0v) is 16.6. The Morgan fingerprint density at radius 1 is 1.35 bits per heavy atom. The van der Waals surface area contributed by atoms with Gasteiger partial charge in [0.15, 0.2) is 0 Å². The minimum atomic E-state index is -0.321. The highest BCUT2D eigenvalue weighted by molar-refractivity contribution is 7.15. The van der Waals surface area contributed by atoms with Gasteiger partial charge in [0.05, 0.1) is 21.0 Å². The molecule has 0 bridgehead atoms. The molecular formula is C19H24ClN3O2S. The summed E-state index contributed by atoms with van der Waals surface area (Å²) >= 11 is 8.00. The molecule has 0 aliphatic heterocycles. The molecule has 1 aliphatic rings. The maximum atomic E-state index is 11.7. The Balaban J connectivity index is 1.59. The fraction of sp³-hybridized carbons (Fsp3) is 0.474. The lowest BCUT2D eigenvalue weighted by atomic mass is 9.86. The molecule has 0 atom stereocenters. The molecule has 1 fully saturated rings. The maximum absolute atomic E-state index is 11.7. The molecular weight excluding hydrogens is 370 g/mol. The number of nitrogens with zero attached hydrogens (tertiary/aromatic N) is 1. The Labute approximate surface area is 162 Å². The van der Waals surface area contributed by atoms with Crippen LogP contribution in [0.4, 0.5) is 10.5 Å². The Bertz CT molecular complexity index is 770. The van der Waals surface area contributed by atoms with Crippen LogP contribution in [-0.4, -0.2) is 23.2 Å². The van der Waals surface area contributed by atoms with E-state index in [2.05, 4.69) is 10.3 Å². The number of nitrogen functional groups attached to an aromatic ring is 1. The third-order valence-corrected chi connectivity index (χ3v) is 6.03. The standard InChI is InChI=1S/C19H24ClN3O2S/c1-11(2)25-19(24)23-14-6-3-12(4-7-14)18-22-10-17(26-18)15-8-5-13(21)9-16(15)20/h5,8-12,14H,3-4,6-7,21H2,1-2H3,(H,23,24). The lowest BCUT2D eigenvalue weighted by Crippen LogP contribution is -2.38. The summed E-state index contributed by atoms with van der Waals surface area (Å²) in [5.74, 6) is 0.431. The smallest absolute Gasteiger partial charge is 0.407 e. The van der Waals surface area contributed by atoms with E-state index in [1.54, 1.807) is 17.4 Å². The number of aromatic nitrogens is 1. The molecule has 140 valence electrons. The second-order valence-corrected chi connectivity index (χ2v) is 8.42. The Kier molecular flexibility index (Phi) is 6.04. The number of ether oxygens (including phenoxy) is 1. The van der Waals surface area contributed by atoms with Gasteiger partial charge in [0.25, 0.3) is 0 Å². The van der Waals surface area contributed by atoms with E-state index >= 15 is 0 Å². The second kappa shape index (κ2) is 8.27. The number of nitrogens with two attached hydrogens (primary N) is 1. The van der Waals surface area contributed by atoms with E-state index in [1.165, 1.54) is 0 Å². The average molecular weight is 394 g/mol. The molecule has 1 heterocycles. The van der Waals surface area contributed by atoms with Gasteiger partial charge < -0.3 is 15.8 Å². The number of nitrogens with one attached hydrogen (secondary N) is 1. The molecule has 0 saturated heterocycles. The van der Waals surface area contributed by atoms with Crippen molar-refractivity contribution in [2.24, 2.45) is 0 Å². The first-order valence-corrected chi connectivity index (χ1v) is 10.1. The molecule has 1 saturated carbocycles. The number of amides is 1. The predicted octanol–water partition coefficient (Wildman–Crippen LogP) is 5.21. The summed E-state index contributed by atoms with van der Waals surface area (Å²) in [4.78, 5) is 17.4. The highest BCUT2D eigenvalue weighted by Gasteiger charge is 2.26. The van der Waals surface area contributed by atoms with Crippen LogP contribution < -0.4 is 11.1 Å². The molecule has 1 aromatic heterocycles. The molecule has 0 spiro atoms. The van der Waals surface area contributed by atoms with E-state index in [0.717, 1.165) is 41.1 Å². The van der Waals surface area contributed by atoms with Gasteiger partial charge in [0.1, 0.15) is 0 Å². The fourth-order valence-electron chi connectivity index (χ4n) is 3.23. The van der Waals surface area contributed by atoms with Crippen LogP contribution in [0.15, 0.2) is 24.4 Å². The lowest BCUT2D eigenvalue weighted by molar-refractivity contribution is 0.109. The summed E-state index contributed by atoms with van der Waals surface area (Å²) < 4.78 is 5.15. The largest absolute Gasteiger partial charge is 0.447 e. The van der Waals surface area contributed by atoms with Crippen molar-refractivity contribution < 1.29 is 9.53 Å². The van der Waals surface area contributed by atoms with Crippen molar-refractivity contribution in [1.82, 2.24) is 10.3 Å². The van der Waals surface area contributed by atoms with Crippen LogP contribution in [0.3, 0.4) is 0 Å². The van der Waals surface area contributed by atoms with Crippen LogP contribution in [0.1, 0.15) is 50.5 Å². The SMILES string of the molecule is CC(C)OC(=O)NC1CCC(c2ncc(-c3ccc(N)cc3Cl)s2)CC1. The number of hydrogen-bond acceptors (Lipinski definition) is 5. The van der Waals surface area contributed by atoms with Gasteiger partial charge in [0.2, 0.25) is 0 Å². The van der Waals surface area contributed by atoms with E-state index in [0.29, 0.717) is 16.6 Å². The average Bonchev–Trinajstić information content (AvgIpc) is 3.04. The number of anilines is 1. The van der Waals surface area contributed by atoms with Gasteiger partial charge in [-0.15, -0.1) is 11.3 Å². The molecule has 1 amide bonds. The van der Waals surface area contributed by atoms with Crippen LogP contribution in [-0.2, 0) is 4.74 Å². The van der Waals surface area contributed by atoms with Gasteiger partial charge in [0, 0.05) is 29.4 Å². The van der Waals surface area contributed by atoms with E-state index in [4.69, 9.17) is 22.1 Å². The number of rotatable bonds is 4. The van der Waals surface area contributed by atoms with Crippen LogP contribution >= 0.6 is 22.9 Å². The minimum Gasteiger partial charge on any atom is -0.447 e. The van der Waals surface area contributed by atoms with Crippen molar-refractivity contribution in [3.8, 4) is 10.4 Å². The number of benzene rings is 1. The second-order valence-electron chi connectivity index (χ2n) is 6.95. The molecule has 5 nitrogen and oxygen atoms in total. The number of halogens is 1. The fourth-order valence-corrected chi connectivity index (χ4v) is 4.70. The Morgan fingerprint density at radius 3 is 2.73 bits per heavy atom. The van der Waals surface area contributed by atoms with Gasteiger partial charge in [-0.1, -0.05) is 11.6 Å². The van der Waals surface area contributed by atoms with Crippen molar-refractivity contribution in [3.05, 3.63) is 34.4 Å². The third kappa shape index (κ3) is 4.68. The first-order valence-electron chi connectivity index (χ1n) is 8.90. The molecule has 0 radical (unpaired) electrons. The molecule has 1 aliphatic carbocycles. The van der Waals surface area contributed by atoms with Gasteiger partial charge in [-0.05, 0) is 57.7 Å². The number of alkyl carbamates (subject to hydrolysis) is 1. The van der Waals surface area contributed by atoms with E-state index < -0.39 is 0 Å². The van der Waals surface area contributed by atoms with Crippen molar-refractivity contribution in [2.45, 2.75) is 57.6 Å². The van der Waals surface area contributed by atoms with Crippen molar-refractivity contribution in [3.63, 3.8) is 0 Å². The van der Waals surface area contributed by atoms with Gasteiger partial charge in [-0.2, -0.15) is 0 Å². The highest BCUT2D eigenvalue weighted by atomic mass is 35.5. The monoisotopic (exact) mass is 393 g/mol. The van der Waals surface area contributed by atoms with Crippen LogP contribution in [0.25, 0.3) is 10.4 Å². The van der Waals surface area contributed by atoms with Crippen LogP contribution in [0, 0.1) is 0 Å². The molecule has 3 rings (SSSR count). The summed E-state index contributed by atoms with van der Waals surface area (Å²) in [6.07, 6.45) is 5.37.